The van der Waals surface area contributed by atoms with Gasteiger partial charge in [-0.3, -0.25) is 9.79 Å². The van der Waals surface area contributed by atoms with Crippen LogP contribution in [0.5, 0.6) is 5.75 Å². The van der Waals surface area contributed by atoms with E-state index in [4.69, 9.17) is 9.47 Å². The molecule has 1 atom stereocenters. The number of aliphatic imine (C=N–C) groups is 1. The average molecular weight is 370 g/mol. The topological polar surface area (TPSA) is 47.9 Å². The number of allylic oxidation sites excluding steroid dienone is 3. The first-order valence-electron chi connectivity index (χ1n) is 9.60. The molecule has 1 aromatic rings. The fourth-order valence-corrected chi connectivity index (χ4v) is 2.47. The quantitative estimate of drug-likeness (QED) is 0.585. The maximum absolute atomic E-state index is 11.5. The molecule has 0 radical (unpaired) electrons. The first-order valence-corrected chi connectivity index (χ1v) is 9.60. The molecule has 1 heterocycles. The highest BCUT2D eigenvalue weighted by molar-refractivity contribution is 6.09. The van der Waals surface area contributed by atoms with Crippen molar-refractivity contribution < 1.29 is 14.3 Å². The minimum absolute atomic E-state index is 0.00710. The van der Waals surface area contributed by atoms with Crippen molar-refractivity contribution in [2.75, 3.05) is 19.8 Å². The standard InChI is InChI=1S/C23H31NO3/c1-17(2)22(25)16-26-14-15-27-20-8-6-19(7-9-20)21-10-11-23(5,18(3)4)12-13-24-21/h6-13,17-18H,14-16H2,1-5H3. The molecule has 0 aliphatic carbocycles. The molecule has 0 aromatic heterocycles. The zero-order chi connectivity index (χ0) is 19.9. The number of carbonyl (C=O) groups is 1. The average Bonchev–Trinajstić information content (AvgIpc) is 2.84. The highest BCUT2D eigenvalue weighted by atomic mass is 16.5. The Morgan fingerprint density at radius 2 is 1.78 bits per heavy atom. The van der Waals surface area contributed by atoms with Crippen LogP contribution < -0.4 is 4.74 Å². The summed E-state index contributed by atoms with van der Waals surface area (Å²) in [5.41, 5.74) is 2.01. The van der Waals surface area contributed by atoms with Crippen molar-refractivity contribution in [3.8, 4) is 5.75 Å². The van der Waals surface area contributed by atoms with Crippen molar-refractivity contribution in [2.24, 2.45) is 22.2 Å². The number of hydrogen-bond donors (Lipinski definition) is 0. The van der Waals surface area contributed by atoms with Crippen molar-refractivity contribution in [1.29, 1.82) is 0 Å². The fraction of sp³-hybridized carbons (Fsp3) is 0.478. The molecule has 1 unspecified atom stereocenters. The Labute approximate surface area is 163 Å². The number of ether oxygens (including phenoxy) is 2. The zero-order valence-corrected chi connectivity index (χ0v) is 17.1. The van der Waals surface area contributed by atoms with Crippen LogP contribution in [0, 0.1) is 17.3 Å². The first-order chi connectivity index (χ1) is 12.8. The van der Waals surface area contributed by atoms with Gasteiger partial charge in [0, 0.05) is 23.1 Å². The van der Waals surface area contributed by atoms with E-state index in [9.17, 15) is 4.79 Å². The maximum atomic E-state index is 11.5. The van der Waals surface area contributed by atoms with Crippen molar-refractivity contribution in [2.45, 2.75) is 34.6 Å². The number of Topliss-reactive ketones (excluding diaryl/α,β-unsaturated/α-hetero) is 1. The normalized spacial score (nSPS) is 19.3. The van der Waals surface area contributed by atoms with Gasteiger partial charge in [0.05, 0.1) is 12.3 Å². The third kappa shape index (κ3) is 6.17. The number of rotatable bonds is 9. The Morgan fingerprint density at radius 1 is 1.07 bits per heavy atom. The van der Waals surface area contributed by atoms with Gasteiger partial charge in [-0.2, -0.15) is 0 Å². The van der Waals surface area contributed by atoms with Crippen LogP contribution in [0.1, 0.15) is 40.2 Å². The molecule has 0 N–H and O–H groups in total. The van der Waals surface area contributed by atoms with Gasteiger partial charge in [-0.1, -0.05) is 46.8 Å². The molecule has 1 aliphatic rings. The predicted octanol–water partition coefficient (Wildman–Crippen LogP) is 4.84. The molecule has 0 bridgehead atoms. The van der Waals surface area contributed by atoms with E-state index < -0.39 is 0 Å². The molecule has 1 aliphatic heterocycles. The van der Waals surface area contributed by atoms with E-state index in [2.05, 4.69) is 44.0 Å². The summed E-state index contributed by atoms with van der Waals surface area (Å²) >= 11 is 0. The molecule has 0 saturated carbocycles. The molecule has 0 fully saturated rings. The molecule has 146 valence electrons. The van der Waals surface area contributed by atoms with E-state index in [1.807, 2.05) is 44.3 Å². The van der Waals surface area contributed by atoms with Gasteiger partial charge < -0.3 is 9.47 Å². The third-order valence-corrected chi connectivity index (χ3v) is 5.03. The van der Waals surface area contributed by atoms with Crippen LogP contribution in [0.4, 0.5) is 0 Å². The van der Waals surface area contributed by atoms with E-state index in [1.165, 1.54) is 0 Å². The number of benzene rings is 1. The Kier molecular flexibility index (Phi) is 7.55. The second-order valence-electron chi connectivity index (χ2n) is 7.73. The van der Waals surface area contributed by atoms with E-state index in [0.29, 0.717) is 19.1 Å². The minimum atomic E-state index is 0.00710. The maximum Gasteiger partial charge on any atom is 0.160 e. The van der Waals surface area contributed by atoms with Crippen molar-refractivity contribution in [1.82, 2.24) is 0 Å². The van der Waals surface area contributed by atoms with Crippen LogP contribution in [0.2, 0.25) is 0 Å². The Balaban J connectivity index is 1.86. The molecule has 4 nitrogen and oxygen atoms in total. The second kappa shape index (κ2) is 9.65. The summed E-state index contributed by atoms with van der Waals surface area (Å²) < 4.78 is 11.0. The lowest BCUT2D eigenvalue weighted by atomic mass is 9.79. The summed E-state index contributed by atoms with van der Waals surface area (Å²) in [4.78, 5) is 16.1. The predicted molar refractivity (Wildman–Crippen MR) is 110 cm³/mol. The fourth-order valence-electron chi connectivity index (χ4n) is 2.47. The van der Waals surface area contributed by atoms with Gasteiger partial charge in [0.2, 0.25) is 0 Å². The molecule has 1 aromatic carbocycles. The lowest BCUT2D eigenvalue weighted by Gasteiger charge is -2.25. The summed E-state index contributed by atoms with van der Waals surface area (Å²) in [6, 6.07) is 7.88. The molecule has 2 rings (SSSR count). The van der Waals surface area contributed by atoms with Gasteiger partial charge in [0.25, 0.3) is 0 Å². The smallest absolute Gasteiger partial charge is 0.160 e. The molecule has 0 amide bonds. The van der Waals surface area contributed by atoms with Crippen LogP contribution in [-0.4, -0.2) is 31.3 Å². The van der Waals surface area contributed by atoms with E-state index >= 15 is 0 Å². The molecule has 4 heteroatoms. The van der Waals surface area contributed by atoms with Gasteiger partial charge in [-0.15, -0.1) is 0 Å². The van der Waals surface area contributed by atoms with Gasteiger partial charge in [-0.05, 0) is 36.3 Å². The first kappa shape index (κ1) is 21.1. The monoisotopic (exact) mass is 369 g/mol. The Morgan fingerprint density at radius 3 is 2.41 bits per heavy atom. The van der Waals surface area contributed by atoms with E-state index in [1.54, 1.807) is 0 Å². The number of carbonyl (C=O) groups excluding carboxylic acids is 1. The Hall–Kier alpha value is -2.20. The molecule has 27 heavy (non-hydrogen) atoms. The molecule has 0 saturated heterocycles. The summed E-state index contributed by atoms with van der Waals surface area (Å²) in [6.07, 6.45) is 8.37. The summed E-state index contributed by atoms with van der Waals surface area (Å²) in [5, 5.41) is 0. The molecule has 0 spiro atoms. The van der Waals surface area contributed by atoms with Gasteiger partial charge in [0.15, 0.2) is 5.78 Å². The highest BCUT2D eigenvalue weighted by Gasteiger charge is 2.23. The van der Waals surface area contributed by atoms with Crippen LogP contribution in [-0.2, 0) is 9.53 Å². The summed E-state index contributed by atoms with van der Waals surface area (Å²) in [5.74, 6) is 1.40. The number of nitrogens with zero attached hydrogens (tertiary/aromatic N) is 1. The van der Waals surface area contributed by atoms with Gasteiger partial charge in [-0.25, -0.2) is 0 Å². The largest absolute Gasteiger partial charge is 0.491 e. The van der Waals surface area contributed by atoms with E-state index in [-0.39, 0.29) is 23.7 Å². The lowest BCUT2D eigenvalue weighted by Crippen LogP contribution is -2.17. The summed E-state index contributed by atoms with van der Waals surface area (Å²) in [7, 11) is 0. The lowest BCUT2D eigenvalue weighted by molar-refractivity contribution is -0.126. The number of hydrogen-bond acceptors (Lipinski definition) is 4. The highest BCUT2D eigenvalue weighted by Crippen LogP contribution is 2.32. The van der Waals surface area contributed by atoms with Crippen LogP contribution in [0.25, 0.3) is 0 Å². The zero-order valence-electron chi connectivity index (χ0n) is 17.1. The molecular weight excluding hydrogens is 338 g/mol. The Bertz CT molecular complexity index is 714. The van der Waals surface area contributed by atoms with Crippen molar-refractivity contribution in [3.05, 3.63) is 54.3 Å². The van der Waals surface area contributed by atoms with Crippen molar-refractivity contribution in [3.63, 3.8) is 0 Å². The second-order valence-corrected chi connectivity index (χ2v) is 7.73. The van der Waals surface area contributed by atoms with Crippen LogP contribution >= 0.6 is 0 Å². The SMILES string of the molecule is CC(C)C(=O)COCCOc1ccc(C2=NC=CC(C)(C(C)C)C=C2)cc1. The van der Waals surface area contributed by atoms with Crippen LogP contribution in [0.3, 0.4) is 0 Å². The van der Waals surface area contributed by atoms with Gasteiger partial charge >= 0.3 is 0 Å². The summed E-state index contributed by atoms with van der Waals surface area (Å²) in [6.45, 7) is 11.4. The van der Waals surface area contributed by atoms with E-state index in [0.717, 1.165) is 17.0 Å². The number of ketones is 1. The minimum Gasteiger partial charge on any atom is -0.491 e. The van der Waals surface area contributed by atoms with Crippen LogP contribution in [0.15, 0.2) is 53.7 Å². The van der Waals surface area contributed by atoms with Gasteiger partial charge in [0.1, 0.15) is 19.0 Å². The van der Waals surface area contributed by atoms with Crippen molar-refractivity contribution >= 4 is 11.5 Å². The third-order valence-electron chi connectivity index (χ3n) is 5.03. The molecular formula is C23H31NO3.